The monoisotopic (exact) mass is 528 g/mol. The summed E-state index contributed by atoms with van der Waals surface area (Å²) >= 11 is 0. The Balaban J connectivity index is 1.35. The number of aromatic nitrogens is 4. The molecule has 4 aromatic carbocycles. The zero-order valence-corrected chi connectivity index (χ0v) is 21.9. The quantitative estimate of drug-likeness (QED) is 0.221. The van der Waals surface area contributed by atoms with Crippen LogP contribution in [0.1, 0.15) is 5.82 Å². The van der Waals surface area contributed by atoms with Crippen molar-refractivity contribution in [2.75, 3.05) is 14.2 Å². The molecule has 0 aliphatic carbocycles. The molecule has 3 heterocycles. The number of ether oxygens (including phenoxy) is 3. The molecule has 7 rings (SSSR count). The highest BCUT2D eigenvalue weighted by molar-refractivity contribution is 6.07. The maximum Gasteiger partial charge on any atom is 0.232 e. The number of hydrogen-bond donors (Lipinski definition) is 0. The lowest BCUT2D eigenvalue weighted by atomic mass is 9.99. The van der Waals surface area contributed by atoms with E-state index in [2.05, 4.69) is 22.2 Å². The molecule has 7 aromatic rings. The first-order chi connectivity index (χ1) is 19.7. The van der Waals surface area contributed by atoms with Gasteiger partial charge in [0.05, 0.1) is 19.6 Å². The van der Waals surface area contributed by atoms with E-state index in [0.29, 0.717) is 22.9 Å². The van der Waals surface area contributed by atoms with Crippen LogP contribution in [0.5, 0.6) is 17.2 Å². The van der Waals surface area contributed by atoms with Gasteiger partial charge in [0.1, 0.15) is 35.9 Å². The summed E-state index contributed by atoms with van der Waals surface area (Å²) in [6.45, 7) is 0.207. The van der Waals surface area contributed by atoms with Gasteiger partial charge in [-0.05, 0) is 53.4 Å². The first-order valence-electron chi connectivity index (χ1n) is 12.8. The zero-order chi connectivity index (χ0) is 27.1. The van der Waals surface area contributed by atoms with Gasteiger partial charge in [-0.3, -0.25) is 0 Å². The van der Waals surface area contributed by atoms with Crippen LogP contribution in [0.15, 0.2) is 102 Å². The maximum atomic E-state index is 6.37. The number of fused-ring (bicyclic) bond motifs is 4. The Kier molecular flexibility index (Phi) is 5.78. The topological polar surface area (TPSA) is 83.9 Å². The van der Waals surface area contributed by atoms with E-state index in [4.69, 9.17) is 23.6 Å². The van der Waals surface area contributed by atoms with Crippen molar-refractivity contribution < 1.29 is 18.6 Å². The minimum Gasteiger partial charge on any atom is -0.497 e. The Hall–Kier alpha value is -5.37. The Morgan fingerprint density at radius 2 is 1.48 bits per heavy atom. The van der Waals surface area contributed by atoms with Gasteiger partial charge in [-0.15, -0.1) is 5.10 Å². The molecule has 0 unspecified atom stereocenters. The molecule has 3 aromatic heterocycles. The van der Waals surface area contributed by atoms with E-state index < -0.39 is 0 Å². The molecule has 0 N–H and O–H groups in total. The standard InChI is InChI=1S/C32H24N4O4/c1-37-23-14-10-21(11-15-23)28-29-31-34-27(18-39-26-9-5-7-20-6-3-4-8-25(20)26)35-36(31)19-33-32(29)40-30(28)22-12-16-24(38-2)17-13-22/h3-17,19H,18H2,1-2H3. The molecule has 8 heteroatoms. The van der Waals surface area contributed by atoms with E-state index in [9.17, 15) is 0 Å². The van der Waals surface area contributed by atoms with Gasteiger partial charge in [0.15, 0.2) is 11.5 Å². The van der Waals surface area contributed by atoms with Crippen LogP contribution in [0, 0.1) is 0 Å². The number of hydrogen-bond acceptors (Lipinski definition) is 7. The average Bonchev–Trinajstić information content (AvgIpc) is 3.61. The summed E-state index contributed by atoms with van der Waals surface area (Å²) in [4.78, 5) is 9.46. The molecule has 0 amide bonds. The Morgan fingerprint density at radius 1 is 0.775 bits per heavy atom. The van der Waals surface area contributed by atoms with Crippen molar-refractivity contribution in [3.05, 3.63) is 103 Å². The number of rotatable bonds is 7. The third-order valence-electron chi connectivity index (χ3n) is 6.91. The third kappa shape index (κ3) is 4.06. The van der Waals surface area contributed by atoms with Crippen molar-refractivity contribution >= 4 is 27.5 Å². The second-order valence-corrected chi connectivity index (χ2v) is 9.25. The lowest BCUT2D eigenvalue weighted by Crippen LogP contribution is -1.98. The number of nitrogens with zero attached hydrogens (tertiary/aromatic N) is 4. The molecule has 0 saturated carbocycles. The van der Waals surface area contributed by atoms with Crippen LogP contribution in [-0.2, 0) is 6.61 Å². The molecule has 40 heavy (non-hydrogen) atoms. The zero-order valence-electron chi connectivity index (χ0n) is 21.9. The first kappa shape index (κ1) is 23.7. The number of methoxy groups -OCH3 is 2. The molecule has 0 saturated heterocycles. The normalized spacial score (nSPS) is 11.3. The summed E-state index contributed by atoms with van der Waals surface area (Å²) in [6.07, 6.45) is 1.62. The van der Waals surface area contributed by atoms with Gasteiger partial charge >= 0.3 is 0 Å². The van der Waals surface area contributed by atoms with Crippen LogP contribution in [0.3, 0.4) is 0 Å². The summed E-state index contributed by atoms with van der Waals surface area (Å²) in [5.41, 5.74) is 3.81. The largest absolute Gasteiger partial charge is 0.497 e. The van der Waals surface area contributed by atoms with Crippen LogP contribution in [-0.4, -0.2) is 33.8 Å². The molecule has 0 spiro atoms. The minimum atomic E-state index is 0.207. The molecule has 0 bridgehead atoms. The van der Waals surface area contributed by atoms with Crippen molar-refractivity contribution in [1.82, 2.24) is 19.6 Å². The van der Waals surface area contributed by atoms with Gasteiger partial charge in [0.2, 0.25) is 5.71 Å². The highest BCUT2D eigenvalue weighted by Crippen LogP contribution is 2.42. The van der Waals surface area contributed by atoms with Crippen molar-refractivity contribution in [2.45, 2.75) is 6.61 Å². The number of benzene rings is 4. The van der Waals surface area contributed by atoms with Crippen molar-refractivity contribution in [1.29, 1.82) is 0 Å². The molecule has 0 fully saturated rings. The molecule has 0 atom stereocenters. The summed E-state index contributed by atoms with van der Waals surface area (Å²) in [5.74, 6) is 3.53. The lowest BCUT2D eigenvalue weighted by molar-refractivity contribution is 0.300. The van der Waals surface area contributed by atoms with Crippen LogP contribution in [0.4, 0.5) is 0 Å². The molecule has 0 aliphatic rings. The van der Waals surface area contributed by atoms with E-state index in [-0.39, 0.29) is 6.61 Å². The summed E-state index contributed by atoms with van der Waals surface area (Å²) < 4.78 is 25.0. The van der Waals surface area contributed by atoms with Crippen molar-refractivity contribution in [3.8, 4) is 39.7 Å². The molecule has 0 aliphatic heterocycles. The first-order valence-corrected chi connectivity index (χ1v) is 12.8. The van der Waals surface area contributed by atoms with E-state index in [1.165, 1.54) is 0 Å². The second kappa shape index (κ2) is 9.74. The molecule has 0 radical (unpaired) electrons. The van der Waals surface area contributed by atoms with Gasteiger partial charge in [0, 0.05) is 16.5 Å². The molecular formula is C32H24N4O4. The highest BCUT2D eigenvalue weighted by atomic mass is 16.5. The fourth-order valence-electron chi connectivity index (χ4n) is 4.95. The van der Waals surface area contributed by atoms with E-state index in [1.807, 2.05) is 78.9 Å². The number of furan rings is 1. The SMILES string of the molecule is COc1ccc(-c2oc3ncn4nc(COc5cccc6ccccc56)nc4c3c2-c2ccc(OC)cc2)cc1. The molecule has 196 valence electrons. The molecular weight excluding hydrogens is 504 g/mol. The second-order valence-electron chi connectivity index (χ2n) is 9.25. The van der Waals surface area contributed by atoms with Gasteiger partial charge in [0.25, 0.3) is 0 Å². The fourth-order valence-corrected chi connectivity index (χ4v) is 4.95. The highest BCUT2D eigenvalue weighted by Gasteiger charge is 2.23. The van der Waals surface area contributed by atoms with Crippen LogP contribution < -0.4 is 14.2 Å². The maximum absolute atomic E-state index is 6.37. The third-order valence-corrected chi connectivity index (χ3v) is 6.91. The Labute approximate surface area is 229 Å². The van der Waals surface area contributed by atoms with Crippen molar-refractivity contribution in [3.63, 3.8) is 0 Å². The minimum absolute atomic E-state index is 0.207. The summed E-state index contributed by atoms with van der Waals surface area (Å²) in [7, 11) is 3.29. The van der Waals surface area contributed by atoms with E-state index >= 15 is 0 Å². The Morgan fingerprint density at radius 3 is 2.23 bits per heavy atom. The van der Waals surface area contributed by atoms with Crippen molar-refractivity contribution in [2.24, 2.45) is 0 Å². The summed E-state index contributed by atoms with van der Waals surface area (Å²) in [5, 5.41) is 7.58. The smallest absolute Gasteiger partial charge is 0.232 e. The van der Waals surface area contributed by atoms with Crippen LogP contribution in [0.25, 0.3) is 50.0 Å². The van der Waals surface area contributed by atoms with Gasteiger partial charge in [-0.25, -0.2) is 14.5 Å². The predicted molar refractivity (Wildman–Crippen MR) is 153 cm³/mol. The van der Waals surface area contributed by atoms with E-state index in [1.54, 1.807) is 25.1 Å². The van der Waals surface area contributed by atoms with Gasteiger partial charge < -0.3 is 18.6 Å². The fraction of sp³-hybridized carbons (Fsp3) is 0.0938. The summed E-state index contributed by atoms with van der Waals surface area (Å²) in [6, 6.07) is 29.7. The Bertz CT molecular complexity index is 1970. The average molecular weight is 529 g/mol. The van der Waals surface area contributed by atoms with Gasteiger partial charge in [-0.1, -0.05) is 48.5 Å². The van der Waals surface area contributed by atoms with Crippen LogP contribution in [0.2, 0.25) is 0 Å². The predicted octanol–water partition coefficient (Wildman–Crippen LogP) is 6.95. The lowest BCUT2D eigenvalue weighted by Gasteiger charge is -2.07. The van der Waals surface area contributed by atoms with Crippen LogP contribution >= 0.6 is 0 Å². The van der Waals surface area contributed by atoms with Gasteiger partial charge in [-0.2, -0.15) is 0 Å². The van der Waals surface area contributed by atoms with E-state index in [0.717, 1.165) is 50.1 Å². The molecule has 8 nitrogen and oxygen atoms in total.